The number of hydrogen-bond donors (Lipinski definition) is 2. The van der Waals surface area contributed by atoms with E-state index in [9.17, 15) is 9.90 Å². The molecule has 0 spiro atoms. The summed E-state index contributed by atoms with van der Waals surface area (Å²) in [7, 11) is 0. The fourth-order valence-corrected chi connectivity index (χ4v) is 3.37. The van der Waals surface area contributed by atoms with Crippen molar-refractivity contribution in [3.63, 3.8) is 0 Å². The molecule has 1 aromatic rings. The zero-order valence-electron chi connectivity index (χ0n) is 12.6. The number of pyridine rings is 1. The lowest BCUT2D eigenvalue weighted by atomic mass is 10.1. The highest BCUT2D eigenvalue weighted by atomic mass is 16.5. The van der Waals surface area contributed by atoms with Gasteiger partial charge in [0.2, 0.25) is 5.91 Å². The van der Waals surface area contributed by atoms with E-state index < -0.39 is 6.10 Å². The normalized spacial score (nSPS) is 29.4. The van der Waals surface area contributed by atoms with Gasteiger partial charge in [-0.1, -0.05) is 6.07 Å². The Kier molecular flexibility index (Phi) is 5.02. The second-order valence-electron chi connectivity index (χ2n) is 6.00. The Bertz CT molecular complexity index is 491. The van der Waals surface area contributed by atoms with E-state index in [1.807, 2.05) is 12.1 Å². The number of carbonyl (C=O) groups excluding carboxylic acids is 1. The molecule has 6 heteroatoms. The molecule has 22 heavy (non-hydrogen) atoms. The molecule has 1 amide bonds. The van der Waals surface area contributed by atoms with Gasteiger partial charge >= 0.3 is 0 Å². The van der Waals surface area contributed by atoms with E-state index in [-0.39, 0.29) is 18.0 Å². The molecule has 6 nitrogen and oxygen atoms in total. The number of morpholine rings is 1. The first-order valence-corrected chi connectivity index (χ1v) is 7.92. The van der Waals surface area contributed by atoms with Crippen LogP contribution >= 0.6 is 0 Å². The van der Waals surface area contributed by atoms with Gasteiger partial charge in [0.15, 0.2) is 0 Å². The van der Waals surface area contributed by atoms with Crippen LogP contribution in [0.15, 0.2) is 24.5 Å². The second kappa shape index (κ2) is 7.17. The summed E-state index contributed by atoms with van der Waals surface area (Å²) in [6, 6.07) is 3.68. The minimum atomic E-state index is -0.504. The number of nitrogens with zero attached hydrogens (tertiary/aromatic N) is 2. The maximum Gasteiger partial charge on any atom is 0.224 e. The lowest BCUT2D eigenvalue weighted by Gasteiger charge is -2.34. The van der Waals surface area contributed by atoms with Crippen LogP contribution in [0.3, 0.4) is 0 Å². The first-order valence-electron chi connectivity index (χ1n) is 7.92. The lowest BCUT2D eigenvalue weighted by Crippen LogP contribution is -2.51. The number of ether oxygens (including phenoxy) is 1. The molecule has 1 aliphatic heterocycles. The Labute approximate surface area is 130 Å². The van der Waals surface area contributed by atoms with Gasteiger partial charge in [0.1, 0.15) is 0 Å². The highest BCUT2D eigenvalue weighted by molar-refractivity contribution is 5.78. The number of carbonyl (C=O) groups is 1. The van der Waals surface area contributed by atoms with Crippen LogP contribution < -0.4 is 5.32 Å². The molecule has 0 radical (unpaired) electrons. The first kappa shape index (κ1) is 15.4. The second-order valence-corrected chi connectivity index (χ2v) is 6.00. The van der Waals surface area contributed by atoms with Crippen LogP contribution in [0.2, 0.25) is 0 Å². The predicted octanol–water partition coefficient (Wildman–Crippen LogP) is -0.0356. The third-order valence-corrected chi connectivity index (χ3v) is 4.53. The van der Waals surface area contributed by atoms with E-state index in [4.69, 9.17) is 4.74 Å². The maximum atomic E-state index is 12.1. The molecule has 3 atom stereocenters. The monoisotopic (exact) mass is 305 g/mol. The molecular weight excluding hydrogens is 282 g/mol. The van der Waals surface area contributed by atoms with Gasteiger partial charge in [-0.05, 0) is 24.5 Å². The van der Waals surface area contributed by atoms with Crippen molar-refractivity contribution >= 4 is 5.91 Å². The van der Waals surface area contributed by atoms with E-state index >= 15 is 0 Å². The fraction of sp³-hybridized carbons (Fsp3) is 0.625. The first-order chi connectivity index (χ1) is 10.7. The summed E-state index contributed by atoms with van der Waals surface area (Å²) in [5.74, 6) is -0.0559. The number of aromatic nitrogens is 1. The van der Waals surface area contributed by atoms with Crippen LogP contribution in [-0.2, 0) is 16.0 Å². The predicted molar refractivity (Wildman–Crippen MR) is 81.3 cm³/mol. The largest absolute Gasteiger partial charge is 0.389 e. The lowest BCUT2D eigenvalue weighted by molar-refractivity contribution is -0.122. The average molecular weight is 305 g/mol. The number of aliphatic hydroxyl groups excluding tert-OH is 1. The van der Waals surface area contributed by atoms with Crippen molar-refractivity contribution in [3.05, 3.63) is 30.1 Å². The fourth-order valence-electron chi connectivity index (χ4n) is 3.37. The number of hydrogen-bond acceptors (Lipinski definition) is 5. The number of rotatable bonds is 4. The van der Waals surface area contributed by atoms with Crippen molar-refractivity contribution in [2.45, 2.75) is 37.5 Å². The molecule has 2 N–H and O–H groups in total. The smallest absolute Gasteiger partial charge is 0.224 e. The average Bonchev–Trinajstić information content (AvgIpc) is 2.90. The minimum absolute atomic E-state index is 0.0559. The van der Waals surface area contributed by atoms with Gasteiger partial charge in [0.05, 0.1) is 31.8 Å². The molecule has 1 saturated carbocycles. The summed E-state index contributed by atoms with van der Waals surface area (Å²) in [6.07, 6.45) is 4.92. The molecule has 2 fully saturated rings. The van der Waals surface area contributed by atoms with Crippen molar-refractivity contribution in [3.8, 4) is 0 Å². The molecule has 0 bridgehead atoms. The van der Waals surface area contributed by atoms with Crippen molar-refractivity contribution in [1.29, 1.82) is 0 Å². The molecule has 2 aliphatic rings. The van der Waals surface area contributed by atoms with Gasteiger partial charge in [-0.15, -0.1) is 0 Å². The Hall–Kier alpha value is -1.50. The van der Waals surface area contributed by atoms with E-state index in [1.54, 1.807) is 12.4 Å². The third kappa shape index (κ3) is 3.63. The highest BCUT2D eigenvalue weighted by Gasteiger charge is 2.39. The van der Waals surface area contributed by atoms with E-state index in [1.165, 1.54) is 0 Å². The molecule has 3 rings (SSSR count). The molecule has 1 saturated heterocycles. The van der Waals surface area contributed by atoms with Crippen molar-refractivity contribution < 1.29 is 14.6 Å². The number of amides is 1. The molecule has 0 aromatic carbocycles. The Morgan fingerprint density at radius 3 is 2.95 bits per heavy atom. The summed E-state index contributed by atoms with van der Waals surface area (Å²) in [6.45, 7) is 3.17. The summed E-state index contributed by atoms with van der Waals surface area (Å²) in [5, 5.41) is 13.5. The topological polar surface area (TPSA) is 74.7 Å². The Morgan fingerprint density at radius 1 is 1.41 bits per heavy atom. The summed E-state index contributed by atoms with van der Waals surface area (Å²) in [4.78, 5) is 18.4. The van der Waals surface area contributed by atoms with Crippen molar-refractivity contribution in [1.82, 2.24) is 15.2 Å². The van der Waals surface area contributed by atoms with Crippen LogP contribution in [0.4, 0.5) is 0 Å². The highest BCUT2D eigenvalue weighted by Crippen LogP contribution is 2.25. The molecule has 1 aliphatic carbocycles. The number of nitrogens with one attached hydrogen (secondary N) is 1. The molecule has 1 aromatic heterocycles. The Morgan fingerprint density at radius 2 is 2.23 bits per heavy atom. The zero-order valence-corrected chi connectivity index (χ0v) is 12.6. The quantitative estimate of drug-likeness (QED) is 0.817. The summed E-state index contributed by atoms with van der Waals surface area (Å²) in [5.41, 5.74) is 0.886. The molecular formula is C16H23N3O3. The van der Waals surface area contributed by atoms with E-state index in [2.05, 4.69) is 15.2 Å². The van der Waals surface area contributed by atoms with Gasteiger partial charge in [-0.25, -0.2) is 0 Å². The van der Waals surface area contributed by atoms with Crippen LogP contribution in [0.5, 0.6) is 0 Å². The summed E-state index contributed by atoms with van der Waals surface area (Å²) >= 11 is 0. The van der Waals surface area contributed by atoms with Gasteiger partial charge in [0.25, 0.3) is 0 Å². The van der Waals surface area contributed by atoms with Crippen molar-refractivity contribution in [2.75, 3.05) is 26.3 Å². The third-order valence-electron chi connectivity index (χ3n) is 4.53. The van der Waals surface area contributed by atoms with E-state index in [0.29, 0.717) is 6.42 Å². The van der Waals surface area contributed by atoms with Gasteiger partial charge in [0, 0.05) is 31.5 Å². The maximum absolute atomic E-state index is 12.1. The minimum Gasteiger partial charge on any atom is -0.389 e. The van der Waals surface area contributed by atoms with Gasteiger partial charge < -0.3 is 15.2 Å². The standard InChI is InChI=1S/C16H23N3O3/c20-15(10-12-2-1-5-17-11-12)18-13-3-4-14(16(13)21)19-6-8-22-9-7-19/h1-2,5,11,13-14,16,21H,3-4,6-10H2,(H,18,20)/t13-,14-,16-/m1/s1. The molecule has 2 heterocycles. The zero-order chi connectivity index (χ0) is 15.4. The van der Waals surface area contributed by atoms with Gasteiger partial charge in [-0.3, -0.25) is 14.7 Å². The van der Waals surface area contributed by atoms with Gasteiger partial charge in [-0.2, -0.15) is 0 Å². The van der Waals surface area contributed by atoms with Crippen molar-refractivity contribution in [2.24, 2.45) is 0 Å². The van der Waals surface area contributed by atoms with Crippen LogP contribution in [-0.4, -0.2) is 65.4 Å². The van der Waals surface area contributed by atoms with E-state index in [0.717, 1.165) is 44.7 Å². The Balaban J connectivity index is 1.51. The van der Waals surface area contributed by atoms with Crippen LogP contribution in [0.1, 0.15) is 18.4 Å². The molecule has 120 valence electrons. The van der Waals surface area contributed by atoms with Crippen LogP contribution in [0.25, 0.3) is 0 Å². The summed E-state index contributed by atoms with van der Waals surface area (Å²) < 4.78 is 5.35. The number of aliphatic hydroxyl groups is 1. The molecule has 0 unspecified atom stereocenters. The SMILES string of the molecule is O=C(Cc1cccnc1)N[C@@H]1CC[C@@H](N2CCOCC2)[C@@H]1O. The van der Waals surface area contributed by atoms with Crippen LogP contribution in [0, 0.1) is 0 Å².